The number of carboxylic acid groups (broad SMARTS) is 1. The van der Waals surface area contributed by atoms with Crippen LogP contribution in [0.4, 0.5) is 4.79 Å². The Kier molecular flexibility index (Phi) is 7.36. The normalized spacial score (nSPS) is 14.9. The van der Waals surface area contributed by atoms with Gasteiger partial charge in [0.2, 0.25) is 7.37 Å². The number of carboxylic acids is 1. The molecule has 1 unspecified atom stereocenters. The van der Waals surface area contributed by atoms with Crippen LogP contribution in [0.1, 0.15) is 28.2 Å². The van der Waals surface area contributed by atoms with E-state index in [1.54, 1.807) is 24.3 Å². The zero-order valence-electron chi connectivity index (χ0n) is 18.8. The molecule has 1 aliphatic carbocycles. The lowest BCUT2D eigenvalue weighted by molar-refractivity contribution is -0.139. The van der Waals surface area contributed by atoms with Crippen molar-refractivity contribution in [3.05, 3.63) is 95.1 Å². The van der Waals surface area contributed by atoms with Gasteiger partial charge in [-0.2, -0.15) is 0 Å². The number of aliphatic carboxylic acids is 1. The van der Waals surface area contributed by atoms with Gasteiger partial charge in [0.1, 0.15) is 19.0 Å². The van der Waals surface area contributed by atoms with Gasteiger partial charge in [-0.15, -0.1) is 0 Å². The summed E-state index contributed by atoms with van der Waals surface area (Å²) in [6, 6.07) is 21.1. The van der Waals surface area contributed by atoms with E-state index in [2.05, 4.69) is 5.32 Å². The van der Waals surface area contributed by atoms with Crippen molar-refractivity contribution in [2.45, 2.75) is 24.5 Å². The van der Waals surface area contributed by atoms with Crippen LogP contribution in [-0.2, 0) is 26.7 Å². The molecule has 35 heavy (non-hydrogen) atoms. The summed E-state index contributed by atoms with van der Waals surface area (Å²) in [5, 5.41) is 21.0. The van der Waals surface area contributed by atoms with Crippen LogP contribution < -0.4 is 5.32 Å². The zero-order chi connectivity index (χ0) is 25.0. The molecular weight excluding hydrogens is 469 g/mol. The first-order valence-electron chi connectivity index (χ1n) is 11.1. The van der Waals surface area contributed by atoms with E-state index in [1.165, 1.54) is 0 Å². The average Bonchev–Trinajstić information content (AvgIpc) is 3.17. The highest BCUT2D eigenvalue weighted by molar-refractivity contribution is 7.56. The summed E-state index contributed by atoms with van der Waals surface area (Å²) < 4.78 is 17.1. The van der Waals surface area contributed by atoms with Gasteiger partial charge in [0.15, 0.2) is 0 Å². The molecule has 0 fully saturated rings. The Morgan fingerprint density at radius 3 is 2.00 bits per heavy atom. The summed E-state index contributed by atoms with van der Waals surface area (Å²) in [4.78, 5) is 33.8. The maximum absolute atomic E-state index is 12.5. The molecule has 0 spiro atoms. The van der Waals surface area contributed by atoms with Gasteiger partial charge in [0, 0.05) is 12.3 Å². The number of fused-ring (bicyclic) bond motifs is 3. The number of rotatable bonds is 9. The molecular formula is C26H26NO7P. The van der Waals surface area contributed by atoms with E-state index in [9.17, 15) is 24.2 Å². The quantitative estimate of drug-likeness (QED) is 0.331. The van der Waals surface area contributed by atoms with Crippen LogP contribution in [0.3, 0.4) is 0 Å². The second kappa shape index (κ2) is 10.4. The Morgan fingerprint density at radius 2 is 1.46 bits per heavy atom. The van der Waals surface area contributed by atoms with Gasteiger partial charge in [0.05, 0.1) is 6.16 Å². The minimum absolute atomic E-state index is 0.0105. The van der Waals surface area contributed by atoms with Crippen LogP contribution in [-0.4, -0.2) is 46.2 Å². The molecule has 9 heteroatoms. The minimum Gasteiger partial charge on any atom is -0.480 e. The number of nitrogens with one attached hydrogen (secondary N) is 1. The first-order valence-corrected chi connectivity index (χ1v) is 13.1. The molecule has 0 aromatic heterocycles. The van der Waals surface area contributed by atoms with E-state index in [4.69, 9.17) is 9.84 Å². The highest BCUT2D eigenvalue weighted by atomic mass is 31.2. The molecule has 3 aromatic carbocycles. The van der Waals surface area contributed by atoms with Crippen LogP contribution >= 0.6 is 7.37 Å². The van der Waals surface area contributed by atoms with Gasteiger partial charge in [-0.1, -0.05) is 72.8 Å². The molecule has 0 bridgehead atoms. The Bertz CT molecular complexity index is 1230. The maximum atomic E-state index is 12.5. The summed E-state index contributed by atoms with van der Waals surface area (Å²) in [6.45, 7) is 0.0764. The van der Waals surface area contributed by atoms with Crippen molar-refractivity contribution >= 4 is 19.4 Å². The molecule has 3 aromatic rings. The van der Waals surface area contributed by atoms with Gasteiger partial charge in [-0.25, -0.2) is 9.59 Å². The van der Waals surface area contributed by atoms with Gasteiger partial charge in [-0.3, -0.25) is 4.57 Å². The van der Waals surface area contributed by atoms with Crippen LogP contribution in [0.15, 0.2) is 72.8 Å². The molecule has 8 nitrogen and oxygen atoms in total. The number of amides is 1. The molecule has 4 rings (SSSR count). The SMILES string of the molecule is O=C(N[C@@H](Cc1ccc(CP(=O)(O)CO)cc1)C(=O)O)OCC1c2ccccc2-c2ccccc21. The van der Waals surface area contributed by atoms with Crippen molar-refractivity contribution in [2.24, 2.45) is 0 Å². The van der Waals surface area contributed by atoms with Gasteiger partial charge in [-0.05, 0) is 33.4 Å². The van der Waals surface area contributed by atoms with E-state index >= 15 is 0 Å². The predicted octanol–water partition coefficient (Wildman–Crippen LogP) is 3.94. The molecule has 4 N–H and O–H groups in total. The first kappa shape index (κ1) is 24.7. The second-order valence-corrected chi connectivity index (χ2v) is 10.8. The number of aliphatic hydroxyl groups excluding tert-OH is 1. The van der Waals surface area contributed by atoms with Crippen molar-refractivity contribution in [3.8, 4) is 11.1 Å². The zero-order valence-corrected chi connectivity index (χ0v) is 19.7. The fourth-order valence-corrected chi connectivity index (χ4v) is 5.22. The third kappa shape index (κ3) is 5.80. The fourth-order valence-electron chi connectivity index (χ4n) is 4.33. The summed E-state index contributed by atoms with van der Waals surface area (Å²) >= 11 is 0. The number of carbonyl (C=O) groups is 2. The number of benzene rings is 3. The Labute approximate surface area is 202 Å². The molecule has 2 atom stereocenters. The topological polar surface area (TPSA) is 133 Å². The summed E-state index contributed by atoms with van der Waals surface area (Å²) in [6.07, 6.45) is -1.79. The van der Waals surface area contributed by atoms with Crippen LogP contribution in [0.2, 0.25) is 0 Å². The Hall–Kier alpha value is -3.45. The largest absolute Gasteiger partial charge is 0.480 e. The highest BCUT2D eigenvalue weighted by Gasteiger charge is 2.30. The van der Waals surface area contributed by atoms with E-state index < -0.39 is 31.8 Å². The number of carbonyl (C=O) groups excluding carboxylic acids is 1. The molecule has 1 amide bonds. The maximum Gasteiger partial charge on any atom is 0.407 e. The fraction of sp³-hybridized carbons (Fsp3) is 0.231. The summed E-state index contributed by atoms with van der Waals surface area (Å²) in [5.74, 6) is -1.34. The smallest absolute Gasteiger partial charge is 0.407 e. The molecule has 0 saturated carbocycles. The molecule has 0 saturated heterocycles. The molecule has 0 heterocycles. The molecule has 182 valence electrons. The third-order valence-electron chi connectivity index (χ3n) is 6.05. The average molecular weight is 495 g/mol. The van der Waals surface area contributed by atoms with Gasteiger partial charge < -0.3 is 25.2 Å². The molecule has 0 aliphatic heterocycles. The van der Waals surface area contributed by atoms with Crippen molar-refractivity contribution in [2.75, 3.05) is 13.0 Å². The molecule has 1 aliphatic rings. The van der Waals surface area contributed by atoms with Gasteiger partial charge >= 0.3 is 12.1 Å². The number of hydrogen-bond donors (Lipinski definition) is 4. The van der Waals surface area contributed by atoms with Crippen LogP contribution in [0.5, 0.6) is 0 Å². The highest BCUT2D eigenvalue weighted by Crippen LogP contribution is 2.44. The first-order chi connectivity index (χ1) is 16.8. The summed E-state index contributed by atoms with van der Waals surface area (Å²) in [5.41, 5.74) is 5.48. The van der Waals surface area contributed by atoms with E-state index in [-0.39, 0.29) is 25.1 Å². The third-order valence-corrected chi connectivity index (χ3v) is 7.35. The van der Waals surface area contributed by atoms with Gasteiger partial charge in [0.25, 0.3) is 0 Å². The Morgan fingerprint density at radius 1 is 0.914 bits per heavy atom. The van der Waals surface area contributed by atoms with Crippen LogP contribution in [0.25, 0.3) is 11.1 Å². The number of aliphatic hydroxyl groups is 1. The van der Waals surface area contributed by atoms with E-state index in [0.717, 1.165) is 22.3 Å². The lowest BCUT2D eigenvalue weighted by atomic mass is 9.98. The lowest BCUT2D eigenvalue weighted by Gasteiger charge is -2.18. The van der Waals surface area contributed by atoms with Crippen LogP contribution in [0, 0.1) is 0 Å². The Balaban J connectivity index is 1.38. The summed E-state index contributed by atoms with van der Waals surface area (Å²) in [7, 11) is -3.64. The monoisotopic (exact) mass is 495 g/mol. The van der Waals surface area contributed by atoms with Crippen molar-refractivity contribution in [1.82, 2.24) is 5.32 Å². The lowest BCUT2D eigenvalue weighted by Crippen LogP contribution is -2.42. The number of hydrogen-bond acceptors (Lipinski definition) is 5. The second-order valence-electron chi connectivity index (χ2n) is 8.53. The van der Waals surface area contributed by atoms with Crippen molar-refractivity contribution in [1.29, 1.82) is 0 Å². The van der Waals surface area contributed by atoms with E-state index in [0.29, 0.717) is 11.1 Å². The predicted molar refractivity (Wildman–Crippen MR) is 130 cm³/mol. The standard InChI is InChI=1S/C26H26NO7P/c28-16-35(32,33)15-18-11-9-17(10-12-18)13-24(25(29)30)27-26(31)34-14-23-21-7-3-1-5-19(21)20-6-2-4-8-22(20)23/h1-12,23-24,28H,13-16H2,(H,27,31)(H,29,30)(H,32,33)/t24-/m0/s1. The number of alkyl carbamates (subject to hydrolysis) is 1. The molecule has 0 radical (unpaired) electrons. The number of ether oxygens (including phenoxy) is 1. The van der Waals surface area contributed by atoms with E-state index in [1.807, 2.05) is 48.5 Å². The minimum atomic E-state index is -3.64. The van der Waals surface area contributed by atoms with Crippen molar-refractivity contribution in [3.63, 3.8) is 0 Å². The van der Waals surface area contributed by atoms with Crippen molar-refractivity contribution < 1.29 is 34.0 Å².